The Morgan fingerprint density at radius 1 is 1.32 bits per heavy atom. The average molecular weight is 348 g/mol. The normalized spacial score (nSPS) is 17.1. The molecule has 0 saturated heterocycles. The lowest BCUT2D eigenvalue weighted by molar-refractivity contribution is 0.226. The third-order valence-corrected chi connectivity index (χ3v) is 4.11. The van der Waals surface area contributed by atoms with Crippen molar-refractivity contribution in [1.29, 1.82) is 0 Å². The minimum atomic E-state index is -0.661. The summed E-state index contributed by atoms with van der Waals surface area (Å²) in [6.07, 6.45) is 4.02. The lowest BCUT2D eigenvalue weighted by Crippen LogP contribution is -2.47. The molecular weight excluding hydrogens is 326 g/mol. The van der Waals surface area contributed by atoms with Crippen LogP contribution in [0.2, 0.25) is 0 Å². The van der Waals surface area contributed by atoms with Gasteiger partial charge in [-0.05, 0) is 52.2 Å². The molecule has 1 aliphatic carbocycles. The fourth-order valence-electron chi connectivity index (χ4n) is 3.10. The highest BCUT2D eigenvalue weighted by molar-refractivity contribution is 5.75. The van der Waals surface area contributed by atoms with Crippen LogP contribution in [0.5, 0.6) is 0 Å². The van der Waals surface area contributed by atoms with E-state index in [0.29, 0.717) is 0 Å². The van der Waals surface area contributed by atoms with E-state index in [9.17, 15) is 13.6 Å². The third-order valence-electron chi connectivity index (χ3n) is 4.11. The summed E-state index contributed by atoms with van der Waals surface area (Å²) in [7, 11) is 0. The number of urea groups is 1. The molecule has 7 heteroatoms. The molecule has 0 radical (unpaired) electrons. The van der Waals surface area contributed by atoms with E-state index < -0.39 is 11.6 Å². The first-order valence-electron chi connectivity index (χ1n) is 8.35. The fraction of sp³-hybridized carbons (Fsp3) is 0.444. The van der Waals surface area contributed by atoms with Crippen LogP contribution in [0.3, 0.4) is 0 Å². The average Bonchev–Trinajstić information content (AvgIpc) is 2.90. The van der Waals surface area contributed by atoms with Crippen molar-refractivity contribution < 1.29 is 13.6 Å². The number of carbonyl (C=O) groups is 1. The van der Waals surface area contributed by atoms with Crippen LogP contribution in [0, 0.1) is 11.6 Å². The Labute approximate surface area is 145 Å². The van der Waals surface area contributed by atoms with Gasteiger partial charge in [-0.15, -0.1) is 0 Å². The summed E-state index contributed by atoms with van der Waals surface area (Å²) >= 11 is 0. The van der Waals surface area contributed by atoms with Gasteiger partial charge in [0.15, 0.2) is 5.82 Å². The topological polar surface area (TPSA) is 59.0 Å². The summed E-state index contributed by atoms with van der Waals surface area (Å²) in [6, 6.07) is 3.01. The van der Waals surface area contributed by atoms with Crippen LogP contribution in [0.1, 0.15) is 50.9 Å². The summed E-state index contributed by atoms with van der Waals surface area (Å²) in [4.78, 5) is 12.2. The predicted molar refractivity (Wildman–Crippen MR) is 90.6 cm³/mol. The molecule has 0 unspecified atom stereocenters. The number of nitrogens with zero attached hydrogens (tertiary/aromatic N) is 2. The van der Waals surface area contributed by atoms with E-state index in [1.807, 2.05) is 20.8 Å². The Bertz CT molecular complexity index is 795. The summed E-state index contributed by atoms with van der Waals surface area (Å²) < 4.78 is 28.7. The van der Waals surface area contributed by atoms with Gasteiger partial charge in [0, 0.05) is 22.9 Å². The Kier molecular flexibility index (Phi) is 4.49. The van der Waals surface area contributed by atoms with Crippen molar-refractivity contribution >= 4 is 6.03 Å². The summed E-state index contributed by atoms with van der Waals surface area (Å²) in [6.45, 7) is 5.73. The van der Waals surface area contributed by atoms with Gasteiger partial charge in [0.1, 0.15) is 11.5 Å². The van der Waals surface area contributed by atoms with Crippen molar-refractivity contribution in [2.75, 3.05) is 0 Å². The zero-order chi connectivity index (χ0) is 18.2. The molecule has 0 aliphatic heterocycles. The number of halogens is 2. The molecule has 2 N–H and O–H groups in total. The van der Waals surface area contributed by atoms with Gasteiger partial charge in [0.2, 0.25) is 0 Å². The molecule has 1 aliphatic rings. The number of amides is 2. The molecule has 3 rings (SSSR count). The van der Waals surface area contributed by atoms with Crippen molar-refractivity contribution in [1.82, 2.24) is 20.4 Å². The minimum Gasteiger partial charge on any atom is -0.334 e. The lowest BCUT2D eigenvalue weighted by Gasteiger charge is -2.27. The van der Waals surface area contributed by atoms with E-state index in [2.05, 4.69) is 15.7 Å². The Hall–Kier alpha value is -2.44. The van der Waals surface area contributed by atoms with E-state index in [1.54, 1.807) is 6.20 Å². The van der Waals surface area contributed by atoms with Gasteiger partial charge < -0.3 is 10.6 Å². The summed E-state index contributed by atoms with van der Waals surface area (Å²) in [5.41, 5.74) is 1.60. The maximum atomic E-state index is 14.1. The first-order valence-corrected chi connectivity index (χ1v) is 8.35. The molecule has 1 heterocycles. The number of carbonyl (C=O) groups excluding carboxylic acids is 1. The van der Waals surface area contributed by atoms with E-state index >= 15 is 0 Å². The Morgan fingerprint density at radius 2 is 2.08 bits per heavy atom. The molecule has 0 spiro atoms. The van der Waals surface area contributed by atoms with Gasteiger partial charge in [0.25, 0.3) is 0 Å². The molecule has 0 bridgehead atoms. The molecule has 2 amide bonds. The molecule has 25 heavy (non-hydrogen) atoms. The summed E-state index contributed by atoms with van der Waals surface area (Å²) in [5, 5.41) is 10.1. The molecular formula is C18H22F2N4O. The second-order valence-corrected chi connectivity index (χ2v) is 7.35. The molecule has 2 aromatic rings. The maximum absolute atomic E-state index is 14.1. The Balaban J connectivity index is 1.86. The first-order chi connectivity index (χ1) is 11.7. The number of fused-ring (bicyclic) bond motifs is 1. The van der Waals surface area contributed by atoms with Crippen molar-refractivity contribution in [3.8, 4) is 5.69 Å². The fourth-order valence-corrected chi connectivity index (χ4v) is 3.10. The van der Waals surface area contributed by atoms with Gasteiger partial charge in [0.05, 0.1) is 12.2 Å². The molecule has 5 nitrogen and oxygen atoms in total. The highest BCUT2D eigenvalue weighted by Crippen LogP contribution is 2.31. The standard InChI is InChI=1S/C18H22F2N4O/c1-18(2,3)23-17(25)22-14-5-4-6-15-12(14)10-21-24(15)16-8-7-11(19)9-13(16)20/h7-10,14H,4-6H2,1-3H3,(H2,22,23,25)/t14-/m1/s1. The van der Waals surface area contributed by atoms with E-state index in [-0.39, 0.29) is 23.3 Å². The SMILES string of the molecule is CC(C)(C)NC(=O)N[C@@H]1CCCc2c1cnn2-c1ccc(F)cc1F. The molecule has 1 aromatic carbocycles. The molecule has 0 fully saturated rings. The minimum absolute atomic E-state index is 0.177. The van der Waals surface area contributed by atoms with Crippen LogP contribution < -0.4 is 10.6 Å². The van der Waals surface area contributed by atoms with Crippen molar-refractivity contribution in [3.63, 3.8) is 0 Å². The highest BCUT2D eigenvalue weighted by atomic mass is 19.1. The van der Waals surface area contributed by atoms with Crippen LogP contribution in [-0.2, 0) is 6.42 Å². The highest BCUT2D eigenvalue weighted by Gasteiger charge is 2.27. The number of hydrogen-bond donors (Lipinski definition) is 2. The summed E-state index contributed by atoms with van der Waals surface area (Å²) in [5.74, 6) is -1.29. The second kappa shape index (κ2) is 6.46. The third kappa shape index (κ3) is 3.81. The van der Waals surface area contributed by atoms with Crippen LogP contribution in [0.25, 0.3) is 5.69 Å². The number of aromatic nitrogens is 2. The molecule has 1 atom stereocenters. The van der Waals surface area contributed by atoms with Gasteiger partial charge in [-0.25, -0.2) is 18.3 Å². The van der Waals surface area contributed by atoms with Crippen LogP contribution >= 0.6 is 0 Å². The van der Waals surface area contributed by atoms with Crippen molar-refractivity contribution in [2.45, 2.75) is 51.6 Å². The zero-order valence-electron chi connectivity index (χ0n) is 14.6. The Morgan fingerprint density at radius 3 is 2.76 bits per heavy atom. The second-order valence-electron chi connectivity index (χ2n) is 7.35. The molecule has 0 saturated carbocycles. The maximum Gasteiger partial charge on any atom is 0.315 e. The van der Waals surface area contributed by atoms with Gasteiger partial charge >= 0.3 is 6.03 Å². The van der Waals surface area contributed by atoms with E-state index in [1.165, 1.54) is 16.8 Å². The zero-order valence-corrected chi connectivity index (χ0v) is 14.6. The van der Waals surface area contributed by atoms with Crippen molar-refractivity contribution in [2.24, 2.45) is 0 Å². The van der Waals surface area contributed by atoms with Gasteiger partial charge in [-0.2, -0.15) is 5.10 Å². The van der Waals surface area contributed by atoms with Gasteiger partial charge in [-0.1, -0.05) is 0 Å². The van der Waals surface area contributed by atoms with Gasteiger partial charge in [-0.3, -0.25) is 0 Å². The molecule has 1 aromatic heterocycles. The van der Waals surface area contributed by atoms with E-state index in [0.717, 1.165) is 36.6 Å². The number of nitrogens with one attached hydrogen (secondary N) is 2. The largest absolute Gasteiger partial charge is 0.334 e. The smallest absolute Gasteiger partial charge is 0.315 e. The lowest BCUT2D eigenvalue weighted by atomic mass is 9.93. The molecule has 134 valence electrons. The predicted octanol–water partition coefficient (Wildman–Crippen LogP) is 3.63. The van der Waals surface area contributed by atoms with E-state index in [4.69, 9.17) is 0 Å². The van der Waals surface area contributed by atoms with Crippen molar-refractivity contribution in [3.05, 3.63) is 47.3 Å². The quantitative estimate of drug-likeness (QED) is 0.871. The van der Waals surface area contributed by atoms with Crippen LogP contribution in [0.4, 0.5) is 13.6 Å². The van der Waals surface area contributed by atoms with Crippen LogP contribution in [0.15, 0.2) is 24.4 Å². The number of benzene rings is 1. The van der Waals surface area contributed by atoms with Crippen LogP contribution in [-0.4, -0.2) is 21.4 Å². The number of rotatable bonds is 2. The number of hydrogen-bond acceptors (Lipinski definition) is 2. The first kappa shape index (κ1) is 17.4. The monoisotopic (exact) mass is 348 g/mol.